The first kappa shape index (κ1) is 20.2. The van der Waals surface area contributed by atoms with Gasteiger partial charge in [0, 0.05) is 29.6 Å². The Balaban J connectivity index is 1.33. The molecule has 0 unspecified atom stereocenters. The summed E-state index contributed by atoms with van der Waals surface area (Å²) in [5.74, 6) is 0.351. The van der Waals surface area contributed by atoms with Crippen LogP contribution in [0.3, 0.4) is 0 Å². The first-order valence-electron chi connectivity index (χ1n) is 10.6. The van der Waals surface area contributed by atoms with Gasteiger partial charge in [0.05, 0.1) is 47.3 Å². The molecule has 0 spiro atoms. The SMILES string of the molecule is CCOC(=O)N1C[C@@H]2C[C@H]1C[C@H]2OCc1c(-c2c(Cl)cccc2Cl)cnn1C1CC1. The molecule has 1 aromatic heterocycles. The van der Waals surface area contributed by atoms with Gasteiger partial charge in [-0.25, -0.2) is 4.79 Å². The van der Waals surface area contributed by atoms with E-state index in [1.165, 1.54) is 0 Å². The van der Waals surface area contributed by atoms with Crippen molar-refractivity contribution >= 4 is 29.3 Å². The van der Waals surface area contributed by atoms with Crippen molar-refractivity contribution in [1.82, 2.24) is 14.7 Å². The number of halogens is 2. The average molecular weight is 450 g/mol. The Morgan fingerprint density at radius 3 is 2.60 bits per heavy atom. The molecule has 2 bridgehead atoms. The normalized spacial score (nSPS) is 25.2. The van der Waals surface area contributed by atoms with Crippen molar-refractivity contribution in [2.45, 2.75) is 57.4 Å². The summed E-state index contributed by atoms with van der Waals surface area (Å²) in [6.45, 7) is 3.41. The lowest BCUT2D eigenvalue weighted by atomic mass is 10.0. The Bertz CT molecular complexity index is 939. The summed E-state index contributed by atoms with van der Waals surface area (Å²) in [4.78, 5) is 14.0. The molecule has 2 saturated carbocycles. The highest BCUT2D eigenvalue weighted by atomic mass is 35.5. The molecule has 1 amide bonds. The molecule has 1 saturated heterocycles. The molecule has 3 aliphatic rings. The number of carbonyl (C=O) groups excluding carboxylic acids is 1. The molecule has 0 radical (unpaired) electrons. The average Bonchev–Trinajstić information content (AvgIpc) is 3.17. The van der Waals surface area contributed by atoms with Crippen LogP contribution in [0, 0.1) is 5.92 Å². The smallest absolute Gasteiger partial charge is 0.410 e. The van der Waals surface area contributed by atoms with Crippen molar-refractivity contribution in [1.29, 1.82) is 0 Å². The topological polar surface area (TPSA) is 56.6 Å². The van der Waals surface area contributed by atoms with Gasteiger partial charge in [-0.3, -0.25) is 4.68 Å². The van der Waals surface area contributed by atoms with Gasteiger partial charge in [-0.2, -0.15) is 5.10 Å². The maximum absolute atomic E-state index is 12.1. The van der Waals surface area contributed by atoms with Crippen molar-refractivity contribution < 1.29 is 14.3 Å². The zero-order valence-electron chi connectivity index (χ0n) is 16.9. The van der Waals surface area contributed by atoms with E-state index in [4.69, 9.17) is 32.7 Å². The van der Waals surface area contributed by atoms with E-state index in [1.807, 2.05) is 36.2 Å². The number of rotatable bonds is 6. The molecule has 30 heavy (non-hydrogen) atoms. The number of likely N-dealkylation sites (tertiary alicyclic amines) is 1. The van der Waals surface area contributed by atoms with Crippen LogP contribution in [-0.4, -0.2) is 46.1 Å². The number of carbonyl (C=O) groups is 1. The van der Waals surface area contributed by atoms with Gasteiger partial charge in [-0.05, 0) is 44.7 Å². The summed E-state index contributed by atoms with van der Waals surface area (Å²) in [6, 6.07) is 6.19. The second-order valence-electron chi connectivity index (χ2n) is 8.36. The maximum atomic E-state index is 12.1. The Labute approximate surface area is 186 Å². The fourth-order valence-corrected chi connectivity index (χ4v) is 5.46. The number of nitrogens with zero attached hydrogens (tertiary/aromatic N) is 3. The number of fused-ring (bicyclic) bond motifs is 2. The fourth-order valence-electron chi connectivity index (χ4n) is 4.86. The van der Waals surface area contributed by atoms with E-state index in [1.54, 1.807) is 0 Å². The molecule has 3 fully saturated rings. The minimum absolute atomic E-state index is 0.137. The van der Waals surface area contributed by atoms with Gasteiger partial charge in [0.2, 0.25) is 0 Å². The predicted molar refractivity (Wildman–Crippen MR) is 115 cm³/mol. The largest absolute Gasteiger partial charge is 0.450 e. The van der Waals surface area contributed by atoms with Gasteiger partial charge in [0.15, 0.2) is 0 Å². The van der Waals surface area contributed by atoms with E-state index >= 15 is 0 Å². The van der Waals surface area contributed by atoms with Crippen LogP contribution in [0.25, 0.3) is 11.1 Å². The summed E-state index contributed by atoms with van der Waals surface area (Å²) < 4.78 is 13.7. The van der Waals surface area contributed by atoms with Gasteiger partial charge >= 0.3 is 6.09 Å². The number of benzene rings is 1. The molecular formula is C22H25Cl2N3O3. The quantitative estimate of drug-likeness (QED) is 0.597. The first-order valence-corrected chi connectivity index (χ1v) is 11.4. The van der Waals surface area contributed by atoms with Crippen LogP contribution in [0.1, 0.15) is 44.3 Å². The summed E-state index contributed by atoms with van der Waals surface area (Å²) in [6.07, 6.45) is 5.88. The van der Waals surface area contributed by atoms with Crippen molar-refractivity contribution in [2.24, 2.45) is 5.92 Å². The number of hydrogen-bond donors (Lipinski definition) is 0. The highest BCUT2D eigenvalue weighted by molar-refractivity contribution is 6.39. The van der Waals surface area contributed by atoms with Gasteiger partial charge in [-0.15, -0.1) is 0 Å². The Morgan fingerprint density at radius 2 is 1.97 bits per heavy atom. The fraction of sp³-hybridized carbons (Fsp3) is 0.545. The van der Waals surface area contributed by atoms with Crippen LogP contribution in [-0.2, 0) is 16.1 Å². The molecule has 160 valence electrons. The van der Waals surface area contributed by atoms with Crippen LogP contribution < -0.4 is 0 Å². The minimum Gasteiger partial charge on any atom is -0.450 e. The van der Waals surface area contributed by atoms with E-state index in [2.05, 4.69) is 9.78 Å². The Hall–Kier alpha value is -1.76. The minimum atomic E-state index is -0.203. The van der Waals surface area contributed by atoms with E-state index in [0.717, 1.165) is 42.5 Å². The van der Waals surface area contributed by atoms with Crippen molar-refractivity contribution in [3.63, 3.8) is 0 Å². The molecule has 3 atom stereocenters. The zero-order chi connectivity index (χ0) is 20.8. The predicted octanol–water partition coefficient (Wildman–Crippen LogP) is 5.33. The highest BCUT2D eigenvalue weighted by Crippen LogP contribution is 2.43. The van der Waals surface area contributed by atoms with Crippen molar-refractivity contribution in [2.75, 3.05) is 13.2 Å². The first-order chi connectivity index (χ1) is 14.6. The van der Waals surface area contributed by atoms with Crippen LogP contribution in [0.2, 0.25) is 10.0 Å². The standard InChI is InChI=1S/C22H25Cl2N3O3/c1-2-29-22(28)26-11-13-8-15(26)9-20(13)30-12-19-16(10-25-27(19)14-6-7-14)21-17(23)4-3-5-18(21)24/h3-5,10,13-15,20H,2,6-9,11-12H2,1H3/t13-,15-,20+/m0/s1. The Kier molecular flexibility index (Phi) is 5.42. The summed E-state index contributed by atoms with van der Waals surface area (Å²) >= 11 is 13.0. The van der Waals surface area contributed by atoms with Gasteiger partial charge in [0.1, 0.15) is 0 Å². The van der Waals surface area contributed by atoms with Crippen LogP contribution in [0.4, 0.5) is 4.79 Å². The van der Waals surface area contributed by atoms with Gasteiger partial charge < -0.3 is 14.4 Å². The summed E-state index contributed by atoms with van der Waals surface area (Å²) in [5.41, 5.74) is 2.78. The molecule has 2 aliphatic carbocycles. The summed E-state index contributed by atoms with van der Waals surface area (Å²) in [7, 11) is 0. The lowest BCUT2D eigenvalue weighted by Gasteiger charge is -2.30. The highest BCUT2D eigenvalue weighted by Gasteiger charge is 2.47. The van der Waals surface area contributed by atoms with E-state index in [0.29, 0.717) is 41.8 Å². The van der Waals surface area contributed by atoms with Crippen LogP contribution >= 0.6 is 23.2 Å². The third-order valence-electron chi connectivity index (χ3n) is 6.44. The zero-order valence-corrected chi connectivity index (χ0v) is 18.4. The van der Waals surface area contributed by atoms with Crippen LogP contribution in [0.5, 0.6) is 0 Å². The molecule has 5 rings (SSSR count). The van der Waals surface area contributed by atoms with E-state index in [9.17, 15) is 4.79 Å². The lowest BCUT2D eigenvalue weighted by molar-refractivity contribution is -0.0124. The molecule has 2 aromatic rings. The second-order valence-corrected chi connectivity index (χ2v) is 9.18. The maximum Gasteiger partial charge on any atom is 0.410 e. The van der Waals surface area contributed by atoms with Gasteiger partial charge in [0.25, 0.3) is 0 Å². The molecule has 1 aliphatic heterocycles. The molecule has 2 heterocycles. The molecule has 1 aromatic carbocycles. The number of ether oxygens (including phenoxy) is 2. The number of hydrogen-bond acceptors (Lipinski definition) is 4. The number of amides is 1. The van der Waals surface area contributed by atoms with Crippen molar-refractivity contribution in [3.8, 4) is 11.1 Å². The Morgan fingerprint density at radius 1 is 1.20 bits per heavy atom. The second kappa shape index (κ2) is 8.06. The third-order valence-corrected chi connectivity index (χ3v) is 7.07. The number of aromatic nitrogens is 2. The van der Waals surface area contributed by atoms with Crippen LogP contribution in [0.15, 0.2) is 24.4 Å². The molecule has 8 heteroatoms. The van der Waals surface area contributed by atoms with E-state index < -0.39 is 0 Å². The summed E-state index contributed by atoms with van der Waals surface area (Å²) in [5, 5.41) is 5.87. The van der Waals surface area contributed by atoms with Crippen molar-refractivity contribution in [3.05, 3.63) is 40.1 Å². The molecule has 0 N–H and O–H groups in total. The van der Waals surface area contributed by atoms with Gasteiger partial charge in [-0.1, -0.05) is 29.3 Å². The third kappa shape index (κ3) is 3.59. The lowest BCUT2D eigenvalue weighted by Crippen LogP contribution is -2.42. The molecule has 6 nitrogen and oxygen atoms in total. The number of piperidine rings is 1. The monoisotopic (exact) mass is 449 g/mol. The van der Waals surface area contributed by atoms with E-state index in [-0.39, 0.29) is 18.2 Å². The molecular weight excluding hydrogens is 425 g/mol.